The van der Waals surface area contributed by atoms with Crippen LogP contribution in [-0.4, -0.2) is 31.0 Å². The first-order chi connectivity index (χ1) is 13.6. The molecule has 0 radical (unpaired) electrons. The molecule has 0 aliphatic heterocycles. The first-order valence-corrected chi connectivity index (χ1v) is 9.61. The highest BCUT2D eigenvalue weighted by Crippen LogP contribution is 2.18. The Balaban J connectivity index is 1.31. The summed E-state index contributed by atoms with van der Waals surface area (Å²) in [7, 11) is 0. The molecule has 0 saturated heterocycles. The Hall–Kier alpha value is -2.89. The summed E-state index contributed by atoms with van der Waals surface area (Å²) in [4.78, 5) is 23.5. The Bertz CT molecular complexity index is 804. The number of rotatable bonds is 10. The Labute approximate surface area is 164 Å². The highest BCUT2D eigenvalue weighted by molar-refractivity contribution is 5.78. The van der Waals surface area contributed by atoms with Gasteiger partial charge < -0.3 is 15.4 Å². The lowest BCUT2D eigenvalue weighted by Crippen LogP contribution is -2.30. The highest BCUT2D eigenvalue weighted by atomic mass is 19.1. The van der Waals surface area contributed by atoms with Crippen LogP contribution in [0.15, 0.2) is 48.5 Å². The van der Waals surface area contributed by atoms with E-state index in [1.54, 1.807) is 6.07 Å². The van der Waals surface area contributed by atoms with Gasteiger partial charge in [-0.25, -0.2) is 4.39 Å². The average Bonchev–Trinajstić information content (AvgIpc) is 3.50. The molecular formula is C22H25FN2O3. The van der Waals surface area contributed by atoms with Gasteiger partial charge in [-0.3, -0.25) is 9.59 Å². The van der Waals surface area contributed by atoms with E-state index in [4.69, 9.17) is 4.74 Å². The van der Waals surface area contributed by atoms with Gasteiger partial charge in [0.25, 0.3) is 5.91 Å². The second-order valence-corrected chi connectivity index (χ2v) is 7.00. The van der Waals surface area contributed by atoms with Crippen LogP contribution in [0.1, 0.15) is 30.4 Å². The highest BCUT2D eigenvalue weighted by Gasteiger charge is 2.23. The maximum Gasteiger partial charge on any atom is 0.258 e. The molecule has 2 aromatic rings. The van der Waals surface area contributed by atoms with E-state index in [2.05, 4.69) is 10.6 Å². The lowest BCUT2D eigenvalue weighted by molar-refractivity contribution is -0.123. The summed E-state index contributed by atoms with van der Waals surface area (Å²) >= 11 is 0. The summed E-state index contributed by atoms with van der Waals surface area (Å²) in [6.45, 7) is 0.559. The third-order valence-electron chi connectivity index (χ3n) is 4.50. The summed E-state index contributed by atoms with van der Waals surface area (Å²) in [5.74, 6) is 0.223. The summed E-state index contributed by atoms with van der Waals surface area (Å²) < 4.78 is 18.6. The molecule has 28 heavy (non-hydrogen) atoms. The van der Waals surface area contributed by atoms with Gasteiger partial charge in [0.15, 0.2) is 6.61 Å². The fourth-order valence-corrected chi connectivity index (χ4v) is 2.78. The van der Waals surface area contributed by atoms with Crippen molar-refractivity contribution in [1.29, 1.82) is 0 Å². The van der Waals surface area contributed by atoms with Gasteiger partial charge in [-0.05, 0) is 61.1 Å². The van der Waals surface area contributed by atoms with E-state index in [-0.39, 0.29) is 24.2 Å². The van der Waals surface area contributed by atoms with Gasteiger partial charge >= 0.3 is 0 Å². The maximum absolute atomic E-state index is 13.1. The minimum Gasteiger partial charge on any atom is -0.484 e. The van der Waals surface area contributed by atoms with Crippen LogP contribution in [0.25, 0.3) is 0 Å². The van der Waals surface area contributed by atoms with Crippen molar-refractivity contribution in [2.24, 2.45) is 0 Å². The molecule has 0 aromatic heterocycles. The lowest BCUT2D eigenvalue weighted by Gasteiger charge is -2.08. The summed E-state index contributed by atoms with van der Waals surface area (Å²) in [5, 5.41) is 5.75. The number of nitrogens with one attached hydrogen (secondary N) is 2. The Kier molecular flexibility index (Phi) is 7.00. The third-order valence-corrected chi connectivity index (χ3v) is 4.50. The molecule has 1 aliphatic rings. The molecule has 0 atom stereocenters. The summed E-state index contributed by atoms with van der Waals surface area (Å²) in [6, 6.07) is 14.1. The standard InChI is InChI=1S/C22H25FN2O3/c23-18-3-1-2-17(14-18)6-11-21(26)24-13-12-16-4-9-20(10-5-16)28-15-22(27)25-19-7-8-19/h1-5,9-10,14,19H,6-8,11-13,15H2,(H,24,26)(H,25,27). The van der Waals surface area contributed by atoms with Gasteiger partial charge in [-0.2, -0.15) is 0 Å². The number of amides is 2. The molecule has 2 aromatic carbocycles. The number of hydrogen-bond donors (Lipinski definition) is 2. The lowest BCUT2D eigenvalue weighted by atomic mass is 10.1. The average molecular weight is 384 g/mol. The van der Waals surface area contributed by atoms with Crippen molar-refractivity contribution >= 4 is 11.8 Å². The molecule has 0 spiro atoms. The summed E-state index contributed by atoms with van der Waals surface area (Å²) in [5.41, 5.74) is 1.89. The quantitative estimate of drug-likeness (QED) is 0.662. The fraction of sp³-hybridized carbons (Fsp3) is 0.364. The van der Waals surface area contributed by atoms with Gasteiger partial charge in [-0.1, -0.05) is 24.3 Å². The van der Waals surface area contributed by atoms with Crippen LogP contribution >= 0.6 is 0 Å². The van der Waals surface area contributed by atoms with E-state index in [9.17, 15) is 14.0 Å². The van der Waals surface area contributed by atoms with E-state index in [1.165, 1.54) is 12.1 Å². The Morgan fingerprint density at radius 3 is 2.50 bits per heavy atom. The topological polar surface area (TPSA) is 67.4 Å². The predicted octanol–water partition coefficient (Wildman–Crippen LogP) is 2.77. The fourth-order valence-electron chi connectivity index (χ4n) is 2.78. The number of ether oxygens (including phenoxy) is 1. The van der Waals surface area contributed by atoms with Crippen molar-refractivity contribution in [2.45, 2.75) is 38.1 Å². The van der Waals surface area contributed by atoms with Crippen molar-refractivity contribution < 1.29 is 18.7 Å². The van der Waals surface area contributed by atoms with Crippen molar-refractivity contribution in [3.8, 4) is 5.75 Å². The molecule has 0 heterocycles. The Morgan fingerprint density at radius 2 is 1.79 bits per heavy atom. The van der Waals surface area contributed by atoms with Crippen LogP contribution in [-0.2, 0) is 22.4 Å². The molecule has 3 rings (SSSR count). The Morgan fingerprint density at radius 1 is 1.00 bits per heavy atom. The first kappa shape index (κ1) is 19.9. The van der Waals surface area contributed by atoms with Crippen molar-refractivity contribution in [3.05, 3.63) is 65.5 Å². The van der Waals surface area contributed by atoms with Gasteiger partial charge in [0.1, 0.15) is 11.6 Å². The van der Waals surface area contributed by atoms with Crippen LogP contribution in [0.3, 0.4) is 0 Å². The van der Waals surface area contributed by atoms with Crippen molar-refractivity contribution in [1.82, 2.24) is 10.6 Å². The van der Waals surface area contributed by atoms with Crippen LogP contribution in [0.5, 0.6) is 5.75 Å². The molecule has 1 saturated carbocycles. The molecule has 5 nitrogen and oxygen atoms in total. The number of hydrogen-bond acceptors (Lipinski definition) is 3. The van der Waals surface area contributed by atoms with Crippen LogP contribution < -0.4 is 15.4 Å². The van der Waals surface area contributed by atoms with Crippen LogP contribution in [0, 0.1) is 5.82 Å². The molecule has 2 N–H and O–H groups in total. The van der Waals surface area contributed by atoms with E-state index in [1.807, 2.05) is 30.3 Å². The molecule has 6 heteroatoms. The second kappa shape index (κ2) is 9.88. The predicted molar refractivity (Wildman–Crippen MR) is 105 cm³/mol. The smallest absolute Gasteiger partial charge is 0.258 e. The van der Waals surface area contributed by atoms with Crippen LogP contribution in [0.2, 0.25) is 0 Å². The van der Waals surface area contributed by atoms with Crippen molar-refractivity contribution in [2.75, 3.05) is 13.2 Å². The zero-order valence-corrected chi connectivity index (χ0v) is 15.7. The minimum atomic E-state index is -0.283. The molecule has 2 amide bonds. The van der Waals surface area contributed by atoms with Gasteiger partial charge in [0.05, 0.1) is 0 Å². The SMILES string of the molecule is O=C(CCc1cccc(F)c1)NCCc1ccc(OCC(=O)NC2CC2)cc1. The number of aryl methyl sites for hydroxylation is 1. The summed E-state index contributed by atoms with van der Waals surface area (Å²) in [6.07, 6.45) is 3.67. The first-order valence-electron chi connectivity index (χ1n) is 9.61. The maximum atomic E-state index is 13.1. The molecule has 0 unspecified atom stereocenters. The molecular weight excluding hydrogens is 359 g/mol. The number of carbonyl (C=O) groups excluding carboxylic acids is 2. The normalized spacial score (nSPS) is 13.0. The van der Waals surface area contributed by atoms with Gasteiger partial charge in [0, 0.05) is 19.0 Å². The number of halogens is 1. The third kappa shape index (κ3) is 7.02. The zero-order valence-electron chi connectivity index (χ0n) is 15.7. The van der Waals surface area contributed by atoms with Gasteiger partial charge in [-0.15, -0.1) is 0 Å². The number of benzene rings is 2. The van der Waals surface area contributed by atoms with Gasteiger partial charge in [0.2, 0.25) is 5.91 Å². The molecule has 1 aliphatic carbocycles. The van der Waals surface area contributed by atoms with Crippen molar-refractivity contribution in [3.63, 3.8) is 0 Å². The van der Waals surface area contributed by atoms with E-state index in [0.717, 1.165) is 24.0 Å². The van der Waals surface area contributed by atoms with E-state index in [0.29, 0.717) is 37.6 Å². The molecule has 1 fully saturated rings. The second-order valence-electron chi connectivity index (χ2n) is 7.00. The largest absolute Gasteiger partial charge is 0.484 e. The van der Waals surface area contributed by atoms with Crippen LogP contribution in [0.4, 0.5) is 4.39 Å². The monoisotopic (exact) mass is 384 g/mol. The van der Waals surface area contributed by atoms with E-state index < -0.39 is 0 Å². The zero-order chi connectivity index (χ0) is 19.8. The molecule has 0 bridgehead atoms. The minimum absolute atomic E-state index is 0.0250. The van der Waals surface area contributed by atoms with E-state index >= 15 is 0 Å². The molecule has 148 valence electrons. The number of carbonyl (C=O) groups is 2.